The van der Waals surface area contributed by atoms with E-state index < -0.39 is 0 Å². The van der Waals surface area contributed by atoms with Crippen LogP contribution in [-0.4, -0.2) is 13.1 Å². The van der Waals surface area contributed by atoms with Gasteiger partial charge in [-0.1, -0.05) is 18.2 Å². The molecule has 0 saturated heterocycles. The van der Waals surface area contributed by atoms with Crippen LogP contribution in [0.3, 0.4) is 0 Å². The molecule has 0 atom stereocenters. The van der Waals surface area contributed by atoms with Crippen molar-refractivity contribution in [3.8, 4) is 0 Å². The van der Waals surface area contributed by atoms with Crippen LogP contribution < -0.4 is 0 Å². The second-order valence-corrected chi connectivity index (χ2v) is 3.65. The Labute approximate surface area is 90.6 Å². The molecule has 15 heavy (non-hydrogen) atoms. The van der Waals surface area contributed by atoms with Crippen LogP contribution in [0, 0.1) is 13.8 Å². The fraction of sp³-hybridized carbons (Fsp3) is 0.308. The number of aryl methyl sites for hydroxylation is 2. The second-order valence-electron chi connectivity index (χ2n) is 3.65. The van der Waals surface area contributed by atoms with E-state index in [1.165, 1.54) is 24.3 Å². The van der Waals surface area contributed by atoms with Gasteiger partial charge in [-0.25, -0.2) is 4.79 Å². The van der Waals surface area contributed by atoms with E-state index in [0.29, 0.717) is 0 Å². The monoisotopic (exact) mass is 204 g/mol. The Bertz CT molecular complexity index is 403. The van der Waals surface area contributed by atoms with Crippen molar-refractivity contribution in [1.29, 1.82) is 0 Å². The van der Waals surface area contributed by atoms with Crippen LogP contribution in [0.1, 0.15) is 23.6 Å². The number of benzene rings is 1. The highest BCUT2D eigenvalue weighted by atomic mass is 16.5. The molecule has 0 aliphatic carbocycles. The molecule has 0 fully saturated rings. The van der Waals surface area contributed by atoms with Crippen molar-refractivity contribution in [1.82, 2.24) is 0 Å². The van der Waals surface area contributed by atoms with E-state index in [1.807, 2.05) is 13.0 Å². The number of rotatable bonds is 2. The highest BCUT2D eigenvalue weighted by Gasteiger charge is 2.01. The molecule has 0 aromatic heterocycles. The molecular weight excluding hydrogens is 188 g/mol. The second kappa shape index (κ2) is 4.78. The average molecular weight is 204 g/mol. The molecule has 0 radical (unpaired) electrons. The van der Waals surface area contributed by atoms with E-state index in [4.69, 9.17) is 0 Å². The molecule has 0 unspecified atom stereocenters. The third-order valence-corrected chi connectivity index (χ3v) is 2.50. The number of esters is 1. The lowest BCUT2D eigenvalue weighted by atomic mass is 10.0. The Balaban J connectivity index is 3.01. The summed E-state index contributed by atoms with van der Waals surface area (Å²) in [5, 5.41) is 0. The van der Waals surface area contributed by atoms with Crippen molar-refractivity contribution in [2.45, 2.75) is 20.8 Å². The van der Waals surface area contributed by atoms with Crippen LogP contribution >= 0.6 is 0 Å². The normalized spacial score (nSPS) is 11.3. The number of allylic oxidation sites excluding steroid dienone is 1. The first-order chi connectivity index (χ1) is 7.04. The summed E-state index contributed by atoms with van der Waals surface area (Å²) < 4.78 is 4.58. The first kappa shape index (κ1) is 11.5. The Morgan fingerprint density at radius 3 is 2.47 bits per heavy atom. The molecule has 1 aromatic carbocycles. The van der Waals surface area contributed by atoms with Gasteiger partial charge in [-0.15, -0.1) is 0 Å². The fourth-order valence-electron chi connectivity index (χ4n) is 1.31. The van der Waals surface area contributed by atoms with Gasteiger partial charge in [0.1, 0.15) is 0 Å². The topological polar surface area (TPSA) is 26.3 Å². The quantitative estimate of drug-likeness (QED) is 0.547. The molecule has 0 saturated carbocycles. The summed E-state index contributed by atoms with van der Waals surface area (Å²) >= 11 is 0. The number of hydrogen-bond donors (Lipinski definition) is 0. The zero-order chi connectivity index (χ0) is 11.4. The van der Waals surface area contributed by atoms with Crippen molar-refractivity contribution in [3.05, 3.63) is 41.0 Å². The lowest BCUT2D eigenvalue weighted by Gasteiger charge is -2.05. The van der Waals surface area contributed by atoms with Gasteiger partial charge in [0.05, 0.1) is 7.11 Å². The molecule has 2 nitrogen and oxygen atoms in total. The largest absolute Gasteiger partial charge is 0.466 e. The van der Waals surface area contributed by atoms with E-state index in [9.17, 15) is 4.79 Å². The van der Waals surface area contributed by atoms with Crippen LogP contribution in [0.4, 0.5) is 0 Å². The maximum atomic E-state index is 11.0. The van der Waals surface area contributed by atoms with E-state index in [1.54, 1.807) is 0 Å². The van der Waals surface area contributed by atoms with Crippen molar-refractivity contribution in [2.24, 2.45) is 0 Å². The summed E-state index contributed by atoms with van der Waals surface area (Å²) in [7, 11) is 1.38. The van der Waals surface area contributed by atoms with Gasteiger partial charge in [0, 0.05) is 6.08 Å². The molecule has 0 amide bonds. The molecular formula is C13H16O2. The minimum absolute atomic E-state index is 0.314. The summed E-state index contributed by atoms with van der Waals surface area (Å²) in [5.41, 5.74) is 4.46. The molecule has 0 aliphatic heterocycles. The highest BCUT2D eigenvalue weighted by Crippen LogP contribution is 2.17. The third kappa shape index (κ3) is 2.94. The van der Waals surface area contributed by atoms with Crippen LogP contribution in [0.2, 0.25) is 0 Å². The van der Waals surface area contributed by atoms with Crippen LogP contribution in [0.25, 0.3) is 5.57 Å². The first-order valence-electron chi connectivity index (χ1n) is 4.88. The molecule has 0 heterocycles. The standard InChI is InChI=1S/C13H16O2/c1-9-5-6-12(7-10(9)2)11(3)8-13(14)15-4/h5-8H,1-4H3/b11-8-. The average Bonchev–Trinajstić information content (AvgIpc) is 2.21. The SMILES string of the molecule is COC(=O)/C=C(/C)c1ccc(C)c(C)c1. The van der Waals surface area contributed by atoms with E-state index >= 15 is 0 Å². The maximum absolute atomic E-state index is 11.0. The minimum atomic E-state index is -0.314. The van der Waals surface area contributed by atoms with Crippen LogP contribution in [0.5, 0.6) is 0 Å². The van der Waals surface area contributed by atoms with Crippen LogP contribution in [-0.2, 0) is 9.53 Å². The Hall–Kier alpha value is -1.57. The number of ether oxygens (including phenoxy) is 1. The van der Waals surface area contributed by atoms with Gasteiger partial charge in [0.2, 0.25) is 0 Å². The summed E-state index contributed by atoms with van der Waals surface area (Å²) in [4.78, 5) is 11.0. The zero-order valence-corrected chi connectivity index (χ0v) is 9.63. The highest BCUT2D eigenvalue weighted by molar-refractivity contribution is 5.90. The number of carbonyl (C=O) groups excluding carboxylic acids is 1. The van der Waals surface area contributed by atoms with Gasteiger partial charge in [-0.3, -0.25) is 0 Å². The molecule has 0 aliphatic rings. The summed E-state index contributed by atoms with van der Waals surface area (Å²) in [6.07, 6.45) is 1.50. The number of hydrogen-bond acceptors (Lipinski definition) is 2. The predicted octanol–water partition coefficient (Wildman–Crippen LogP) is 2.88. The van der Waals surface area contributed by atoms with Crippen LogP contribution in [0.15, 0.2) is 24.3 Å². The van der Waals surface area contributed by atoms with Gasteiger partial charge >= 0.3 is 5.97 Å². The van der Waals surface area contributed by atoms with E-state index in [2.05, 4.69) is 30.7 Å². The van der Waals surface area contributed by atoms with Gasteiger partial charge in [0.25, 0.3) is 0 Å². The Kier molecular flexibility index (Phi) is 3.67. The van der Waals surface area contributed by atoms with E-state index in [-0.39, 0.29) is 5.97 Å². The molecule has 80 valence electrons. The summed E-state index contributed by atoms with van der Waals surface area (Å²) in [6, 6.07) is 6.14. The summed E-state index contributed by atoms with van der Waals surface area (Å²) in [5.74, 6) is -0.314. The van der Waals surface area contributed by atoms with Gasteiger partial charge in [-0.05, 0) is 43.0 Å². The minimum Gasteiger partial charge on any atom is -0.466 e. The molecule has 0 bridgehead atoms. The summed E-state index contributed by atoms with van der Waals surface area (Å²) in [6.45, 7) is 6.03. The Morgan fingerprint density at radius 2 is 1.93 bits per heavy atom. The van der Waals surface area contributed by atoms with Crippen molar-refractivity contribution < 1.29 is 9.53 Å². The van der Waals surface area contributed by atoms with Crippen molar-refractivity contribution >= 4 is 11.5 Å². The lowest BCUT2D eigenvalue weighted by molar-refractivity contribution is -0.134. The van der Waals surface area contributed by atoms with Crippen molar-refractivity contribution in [3.63, 3.8) is 0 Å². The van der Waals surface area contributed by atoms with Gasteiger partial charge < -0.3 is 4.74 Å². The fourth-order valence-corrected chi connectivity index (χ4v) is 1.31. The van der Waals surface area contributed by atoms with Gasteiger partial charge in [0.15, 0.2) is 0 Å². The number of methoxy groups -OCH3 is 1. The van der Waals surface area contributed by atoms with Crippen molar-refractivity contribution in [2.75, 3.05) is 7.11 Å². The zero-order valence-electron chi connectivity index (χ0n) is 9.63. The predicted molar refractivity (Wildman–Crippen MR) is 61.6 cm³/mol. The third-order valence-electron chi connectivity index (χ3n) is 2.50. The number of carbonyl (C=O) groups is 1. The smallest absolute Gasteiger partial charge is 0.330 e. The molecule has 2 heteroatoms. The Morgan fingerprint density at radius 1 is 1.27 bits per heavy atom. The molecule has 1 rings (SSSR count). The molecule has 0 spiro atoms. The molecule has 1 aromatic rings. The molecule has 0 N–H and O–H groups in total. The first-order valence-corrected chi connectivity index (χ1v) is 4.88. The van der Waals surface area contributed by atoms with Gasteiger partial charge in [-0.2, -0.15) is 0 Å². The lowest BCUT2D eigenvalue weighted by Crippen LogP contribution is -1.96. The van der Waals surface area contributed by atoms with E-state index in [0.717, 1.165) is 11.1 Å². The maximum Gasteiger partial charge on any atom is 0.330 e.